The highest BCUT2D eigenvalue weighted by molar-refractivity contribution is 7.99. The van der Waals surface area contributed by atoms with Crippen molar-refractivity contribution in [1.29, 1.82) is 0 Å². The maximum atomic E-state index is 11.4. The molecule has 0 saturated heterocycles. The SMILES string of the molecule is COCCNC(=O)CCSc1ccccc1Cl. The van der Waals surface area contributed by atoms with Crippen molar-refractivity contribution in [1.82, 2.24) is 5.32 Å². The molecule has 0 spiro atoms. The molecule has 1 N–H and O–H groups in total. The fourth-order valence-corrected chi connectivity index (χ4v) is 2.38. The first-order chi connectivity index (χ1) is 8.24. The highest BCUT2D eigenvalue weighted by Crippen LogP contribution is 2.26. The molecule has 1 amide bonds. The third-order valence-electron chi connectivity index (χ3n) is 2.05. The number of carbonyl (C=O) groups excluding carboxylic acids is 1. The Morgan fingerprint density at radius 2 is 2.24 bits per heavy atom. The second-order valence-electron chi connectivity index (χ2n) is 3.37. The van der Waals surface area contributed by atoms with E-state index in [-0.39, 0.29) is 5.91 Å². The van der Waals surface area contributed by atoms with Crippen molar-refractivity contribution in [3.05, 3.63) is 29.3 Å². The van der Waals surface area contributed by atoms with Crippen LogP contribution in [0.5, 0.6) is 0 Å². The zero-order valence-corrected chi connectivity index (χ0v) is 11.3. The number of halogens is 1. The molecule has 94 valence electrons. The Balaban J connectivity index is 2.19. The lowest BCUT2D eigenvalue weighted by Gasteiger charge is -2.05. The Labute approximate surface area is 111 Å². The molecule has 3 nitrogen and oxygen atoms in total. The lowest BCUT2D eigenvalue weighted by molar-refractivity contribution is -0.120. The molecule has 5 heteroatoms. The van der Waals surface area contributed by atoms with Crippen molar-refractivity contribution in [2.45, 2.75) is 11.3 Å². The van der Waals surface area contributed by atoms with Gasteiger partial charge >= 0.3 is 0 Å². The molecular weight excluding hydrogens is 258 g/mol. The summed E-state index contributed by atoms with van der Waals surface area (Å²) in [4.78, 5) is 12.4. The van der Waals surface area contributed by atoms with E-state index in [9.17, 15) is 4.79 Å². The molecule has 0 unspecified atom stereocenters. The third kappa shape index (κ3) is 5.96. The lowest BCUT2D eigenvalue weighted by atomic mass is 10.4. The largest absolute Gasteiger partial charge is 0.383 e. The van der Waals surface area contributed by atoms with Gasteiger partial charge in [0.1, 0.15) is 0 Å². The van der Waals surface area contributed by atoms with E-state index < -0.39 is 0 Å². The van der Waals surface area contributed by atoms with Crippen LogP contribution in [0.3, 0.4) is 0 Å². The fourth-order valence-electron chi connectivity index (χ4n) is 1.20. The van der Waals surface area contributed by atoms with Gasteiger partial charge in [0, 0.05) is 30.7 Å². The number of rotatable bonds is 7. The monoisotopic (exact) mass is 273 g/mol. The van der Waals surface area contributed by atoms with E-state index in [1.807, 2.05) is 24.3 Å². The second-order valence-corrected chi connectivity index (χ2v) is 4.92. The molecule has 0 aliphatic heterocycles. The minimum absolute atomic E-state index is 0.0432. The molecule has 1 aromatic rings. The van der Waals surface area contributed by atoms with Gasteiger partial charge in [-0.25, -0.2) is 0 Å². The number of benzene rings is 1. The molecule has 0 saturated carbocycles. The minimum Gasteiger partial charge on any atom is -0.383 e. The van der Waals surface area contributed by atoms with Crippen LogP contribution in [0.1, 0.15) is 6.42 Å². The van der Waals surface area contributed by atoms with Gasteiger partial charge in [0.2, 0.25) is 5.91 Å². The maximum absolute atomic E-state index is 11.4. The molecular formula is C12H16ClNO2S. The van der Waals surface area contributed by atoms with E-state index in [0.29, 0.717) is 19.6 Å². The first-order valence-electron chi connectivity index (χ1n) is 5.37. The molecule has 0 fully saturated rings. The average molecular weight is 274 g/mol. The number of carbonyl (C=O) groups is 1. The van der Waals surface area contributed by atoms with Crippen molar-refractivity contribution < 1.29 is 9.53 Å². The van der Waals surface area contributed by atoms with E-state index in [4.69, 9.17) is 16.3 Å². The van der Waals surface area contributed by atoms with Crippen LogP contribution in [-0.4, -0.2) is 31.9 Å². The van der Waals surface area contributed by atoms with Gasteiger partial charge in [-0.3, -0.25) is 4.79 Å². The summed E-state index contributed by atoms with van der Waals surface area (Å²) < 4.78 is 4.84. The van der Waals surface area contributed by atoms with Crippen molar-refractivity contribution in [3.63, 3.8) is 0 Å². The number of ether oxygens (including phenoxy) is 1. The van der Waals surface area contributed by atoms with Crippen LogP contribution in [-0.2, 0) is 9.53 Å². The average Bonchev–Trinajstić information content (AvgIpc) is 2.32. The summed E-state index contributed by atoms with van der Waals surface area (Å²) in [5, 5.41) is 3.51. The van der Waals surface area contributed by atoms with Crippen molar-refractivity contribution in [2.24, 2.45) is 0 Å². The van der Waals surface area contributed by atoms with Gasteiger partial charge in [0.25, 0.3) is 0 Å². The van der Waals surface area contributed by atoms with E-state index in [0.717, 1.165) is 15.7 Å². The topological polar surface area (TPSA) is 38.3 Å². The minimum atomic E-state index is 0.0432. The van der Waals surface area contributed by atoms with Crippen LogP contribution in [0.2, 0.25) is 5.02 Å². The van der Waals surface area contributed by atoms with Gasteiger partial charge in [-0.1, -0.05) is 23.7 Å². The third-order valence-corrected chi connectivity index (χ3v) is 3.57. The highest BCUT2D eigenvalue weighted by atomic mass is 35.5. The number of hydrogen-bond acceptors (Lipinski definition) is 3. The first kappa shape index (κ1) is 14.4. The number of amides is 1. The summed E-state index contributed by atoms with van der Waals surface area (Å²) in [6.07, 6.45) is 0.486. The predicted octanol–water partition coefficient (Wildman–Crippen LogP) is 2.58. The molecule has 1 rings (SSSR count). The number of thioether (sulfide) groups is 1. The molecule has 0 bridgehead atoms. The summed E-state index contributed by atoms with van der Waals surface area (Å²) in [5.41, 5.74) is 0. The summed E-state index contributed by atoms with van der Waals surface area (Å²) in [6, 6.07) is 7.63. The normalized spacial score (nSPS) is 10.2. The zero-order chi connectivity index (χ0) is 12.5. The van der Waals surface area contributed by atoms with Gasteiger partial charge in [-0.05, 0) is 12.1 Å². The van der Waals surface area contributed by atoms with Crippen LogP contribution in [0.15, 0.2) is 29.2 Å². The van der Waals surface area contributed by atoms with Gasteiger partial charge in [-0.15, -0.1) is 11.8 Å². The number of nitrogens with one attached hydrogen (secondary N) is 1. The standard InChI is InChI=1S/C12H16ClNO2S/c1-16-8-7-14-12(15)6-9-17-11-5-3-2-4-10(11)13/h2-5H,6-9H2,1H3,(H,14,15). The van der Waals surface area contributed by atoms with Gasteiger partial charge in [-0.2, -0.15) is 0 Å². The Morgan fingerprint density at radius 1 is 1.47 bits per heavy atom. The Bertz CT molecular complexity index is 360. The summed E-state index contributed by atoms with van der Waals surface area (Å²) in [5.74, 6) is 0.768. The zero-order valence-electron chi connectivity index (χ0n) is 9.74. The molecule has 0 radical (unpaired) electrons. The molecule has 0 aliphatic carbocycles. The van der Waals surface area contributed by atoms with Gasteiger partial charge < -0.3 is 10.1 Å². The van der Waals surface area contributed by atoms with Gasteiger partial charge in [0.15, 0.2) is 0 Å². The molecule has 0 aliphatic rings. The molecule has 0 aromatic heterocycles. The summed E-state index contributed by atoms with van der Waals surface area (Å²) in [6.45, 7) is 1.11. The second kappa shape index (κ2) is 8.39. The van der Waals surface area contributed by atoms with Crippen molar-refractivity contribution in [2.75, 3.05) is 26.0 Å². The van der Waals surface area contributed by atoms with Crippen LogP contribution in [0, 0.1) is 0 Å². The summed E-state index contributed by atoms with van der Waals surface area (Å²) >= 11 is 7.59. The van der Waals surface area contributed by atoms with Crippen LogP contribution >= 0.6 is 23.4 Å². The van der Waals surface area contributed by atoms with Crippen LogP contribution in [0.4, 0.5) is 0 Å². The fraction of sp³-hybridized carbons (Fsp3) is 0.417. The van der Waals surface area contributed by atoms with E-state index in [1.165, 1.54) is 0 Å². The summed E-state index contributed by atoms with van der Waals surface area (Å²) in [7, 11) is 1.61. The van der Waals surface area contributed by atoms with Crippen LogP contribution in [0.25, 0.3) is 0 Å². The first-order valence-corrected chi connectivity index (χ1v) is 6.73. The Morgan fingerprint density at radius 3 is 2.94 bits per heavy atom. The molecule has 1 aromatic carbocycles. The quantitative estimate of drug-likeness (QED) is 0.613. The number of methoxy groups -OCH3 is 1. The molecule has 0 heterocycles. The predicted molar refractivity (Wildman–Crippen MR) is 71.7 cm³/mol. The molecule has 0 atom stereocenters. The maximum Gasteiger partial charge on any atom is 0.220 e. The Hall–Kier alpha value is -0.710. The van der Waals surface area contributed by atoms with Crippen molar-refractivity contribution in [3.8, 4) is 0 Å². The van der Waals surface area contributed by atoms with E-state index >= 15 is 0 Å². The Kier molecular flexibility index (Phi) is 7.08. The van der Waals surface area contributed by atoms with E-state index in [1.54, 1.807) is 18.9 Å². The molecule has 17 heavy (non-hydrogen) atoms. The number of hydrogen-bond donors (Lipinski definition) is 1. The smallest absolute Gasteiger partial charge is 0.220 e. The van der Waals surface area contributed by atoms with Crippen LogP contribution < -0.4 is 5.32 Å². The van der Waals surface area contributed by atoms with Crippen molar-refractivity contribution >= 4 is 29.3 Å². The van der Waals surface area contributed by atoms with Gasteiger partial charge in [0.05, 0.1) is 11.6 Å². The van der Waals surface area contributed by atoms with E-state index in [2.05, 4.69) is 5.32 Å². The highest BCUT2D eigenvalue weighted by Gasteiger charge is 2.03. The lowest BCUT2D eigenvalue weighted by Crippen LogP contribution is -2.27.